The van der Waals surface area contributed by atoms with Gasteiger partial charge in [0.1, 0.15) is 5.75 Å². The number of aryl methyl sites for hydroxylation is 2. The summed E-state index contributed by atoms with van der Waals surface area (Å²) in [4.78, 5) is 11.2. The molecule has 2 rings (SSSR count). The predicted octanol–water partition coefficient (Wildman–Crippen LogP) is 3.63. The largest absolute Gasteiger partial charge is 0.508 e. The van der Waals surface area contributed by atoms with Crippen LogP contribution in [0.5, 0.6) is 5.75 Å². The fourth-order valence-corrected chi connectivity index (χ4v) is 2.20. The fourth-order valence-electron chi connectivity index (χ4n) is 2.20. The van der Waals surface area contributed by atoms with Gasteiger partial charge in [-0.25, -0.2) is 0 Å². The van der Waals surface area contributed by atoms with Crippen molar-refractivity contribution < 1.29 is 9.90 Å². The van der Waals surface area contributed by atoms with Gasteiger partial charge in [-0.2, -0.15) is 0 Å². The van der Waals surface area contributed by atoms with Gasteiger partial charge in [-0.3, -0.25) is 4.79 Å². The molecule has 0 atom stereocenters. The number of carbonyl (C=O) groups is 1. The van der Waals surface area contributed by atoms with Crippen LogP contribution >= 0.6 is 0 Å². The van der Waals surface area contributed by atoms with Crippen molar-refractivity contribution in [2.75, 3.05) is 5.32 Å². The Labute approximate surface area is 112 Å². The quantitative estimate of drug-likeness (QED) is 0.805. The number of phenolic OH excluding ortho intramolecular Hbond substituents is 1. The zero-order valence-electron chi connectivity index (χ0n) is 11.3. The van der Waals surface area contributed by atoms with Crippen molar-refractivity contribution in [2.45, 2.75) is 20.8 Å². The number of benzene rings is 2. The van der Waals surface area contributed by atoms with Crippen molar-refractivity contribution in [1.29, 1.82) is 0 Å². The highest BCUT2D eigenvalue weighted by Crippen LogP contribution is 2.32. The molecule has 2 aromatic rings. The number of rotatable bonds is 2. The molecule has 0 aliphatic heterocycles. The Morgan fingerprint density at radius 2 is 1.68 bits per heavy atom. The van der Waals surface area contributed by atoms with Crippen LogP contribution in [0.3, 0.4) is 0 Å². The molecule has 0 aliphatic carbocycles. The molecule has 0 spiro atoms. The normalized spacial score (nSPS) is 10.3. The lowest BCUT2D eigenvalue weighted by Crippen LogP contribution is -2.06. The third-order valence-electron chi connectivity index (χ3n) is 2.85. The summed E-state index contributed by atoms with van der Waals surface area (Å²) in [6, 6.07) is 11.1. The topological polar surface area (TPSA) is 49.3 Å². The van der Waals surface area contributed by atoms with Gasteiger partial charge in [-0.15, -0.1) is 0 Å². The molecule has 0 bridgehead atoms. The molecular weight excluding hydrogens is 238 g/mol. The van der Waals surface area contributed by atoms with Gasteiger partial charge < -0.3 is 10.4 Å². The van der Waals surface area contributed by atoms with Crippen LogP contribution in [-0.2, 0) is 4.79 Å². The Morgan fingerprint density at radius 3 is 2.26 bits per heavy atom. The molecular formula is C16H17NO2. The monoisotopic (exact) mass is 255 g/mol. The summed E-state index contributed by atoms with van der Waals surface area (Å²) in [5.74, 6) is 0.0552. The van der Waals surface area contributed by atoms with E-state index in [0.717, 1.165) is 22.3 Å². The average Bonchev–Trinajstić information content (AvgIpc) is 2.29. The first-order valence-electron chi connectivity index (χ1n) is 6.15. The summed E-state index contributed by atoms with van der Waals surface area (Å²) in [5, 5.41) is 12.4. The van der Waals surface area contributed by atoms with Crippen LogP contribution in [0.2, 0.25) is 0 Å². The van der Waals surface area contributed by atoms with E-state index < -0.39 is 0 Å². The molecule has 0 unspecified atom stereocenters. The first kappa shape index (κ1) is 13.1. The number of aromatic hydroxyl groups is 1. The summed E-state index contributed by atoms with van der Waals surface area (Å²) in [5.41, 5.74) is 4.80. The van der Waals surface area contributed by atoms with E-state index in [9.17, 15) is 9.90 Å². The smallest absolute Gasteiger partial charge is 0.221 e. The summed E-state index contributed by atoms with van der Waals surface area (Å²) < 4.78 is 0. The second-order valence-corrected chi connectivity index (χ2v) is 4.79. The standard InChI is InChI=1S/C16H17NO2/c1-10-6-11(2)8-13(7-10)15-9-14(19)4-5-16(15)17-12(3)18/h4-9,19H,1-3H3,(H,17,18). The van der Waals surface area contributed by atoms with Crippen LogP contribution in [0.4, 0.5) is 5.69 Å². The molecule has 2 aromatic carbocycles. The minimum atomic E-state index is -0.128. The second kappa shape index (κ2) is 5.14. The van der Waals surface area contributed by atoms with Gasteiger partial charge in [0.2, 0.25) is 5.91 Å². The summed E-state index contributed by atoms with van der Waals surface area (Å²) >= 11 is 0. The van der Waals surface area contributed by atoms with Crippen molar-refractivity contribution >= 4 is 11.6 Å². The van der Waals surface area contributed by atoms with E-state index in [-0.39, 0.29) is 11.7 Å². The Morgan fingerprint density at radius 1 is 1.05 bits per heavy atom. The number of hydrogen-bond acceptors (Lipinski definition) is 2. The lowest BCUT2D eigenvalue weighted by atomic mass is 9.99. The number of hydrogen-bond donors (Lipinski definition) is 2. The molecule has 1 amide bonds. The molecule has 0 fully saturated rings. The number of anilines is 1. The van der Waals surface area contributed by atoms with Crippen molar-refractivity contribution in [2.24, 2.45) is 0 Å². The van der Waals surface area contributed by atoms with Crippen LogP contribution in [0.15, 0.2) is 36.4 Å². The zero-order chi connectivity index (χ0) is 14.0. The van der Waals surface area contributed by atoms with Crippen molar-refractivity contribution in [3.05, 3.63) is 47.5 Å². The van der Waals surface area contributed by atoms with Gasteiger partial charge in [0.05, 0.1) is 0 Å². The highest BCUT2D eigenvalue weighted by Gasteiger charge is 2.08. The van der Waals surface area contributed by atoms with Crippen molar-refractivity contribution in [3.8, 4) is 16.9 Å². The van der Waals surface area contributed by atoms with Crippen molar-refractivity contribution in [3.63, 3.8) is 0 Å². The van der Waals surface area contributed by atoms with E-state index in [4.69, 9.17) is 0 Å². The van der Waals surface area contributed by atoms with Crippen LogP contribution in [-0.4, -0.2) is 11.0 Å². The molecule has 19 heavy (non-hydrogen) atoms. The highest BCUT2D eigenvalue weighted by atomic mass is 16.3. The molecule has 0 saturated heterocycles. The Bertz CT molecular complexity index is 612. The Hall–Kier alpha value is -2.29. The van der Waals surface area contributed by atoms with E-state index >= 15 is 0 Å². The zero-order valence-corrected chi connectivity index (χ0v) is 11.3. The van der Waals surface area contributed by atoms with E-state index in [1.807, 2.05) is 26.0 Å². The molecule has 98 valence electrons. The third kappa shape index (κ3) is 3.13. The minimum Gasteiger partial charge on any atom is -0.508 e. The molecule has 0 aliphatic rings. The maximum atomic E-state index is 11.2. The van der Waals surface area contributed by atoms with Crippen molar-refractivity contribution in [1.82, 2.24) is 0 Å². The number of carbonyl (C=O) groups excluding carboxylic acids is 1. The lowest BCUT2D eigenvalue weighted by Gasteiger charge is -2.12. The molecule has 2 N–H and O–H groups in total. The Kier molecular flexibility index (Phi) is 3.56. The number of amides is 1. The fraction of sp³-hybridized carbons (Fsp3) is 0.188. The third-order valence-corrected chi connectivity index (χ3v) is 2.85. The molecule has 0 aromatic heterocycles. The SMILES string of the molecule is CC(=O)Nc1ccc(O)cc1-c1cc(C)cc(C)c1. The minimum absolute atomic E-state index is 0.128. The van der Waals surface area contributed by atoms with Crippen LogP contribution < -0.4 is 5.32 Å². The maximum Gasteiger partial charge on any atom is 0.221 e. The van der Waals surface area contributed by atoms with Gasteiger partial charge in [0.25, 0.3) is 0 Å². The van der Waals surface area contributed by atoms with Gasteiger partial charge in [0, 0.05) is 18.2 Å². The maximum absolute atomic E-state index is 11.2. The number of nitrogens with one attached hydrogen (secondary N) is 1. The summed E-state index contributed by atoms with van der Waals surface area (Å²) in [6.45, 7) is 5.52. The average molecular weight is 255 g/mol. The molecule has 3 heteroatoms. The van der Waals surface area contributed by atoms with Crippen LogP contribution in [0.25, 0.3) is 11.1 Å². The molecule has 0 saturated carbocycles. The first-order valence-corrected chi connectivity index (χ1v) is 6.15. The molecule has 3 nitrogen and oxygen atoms in total. The number of phenols is 1. The van der Waals surface area contributed by atoms with Gasteiger partial charge in [-0.1, -0.05) is 29.3 Å². The second-order valence-electron chi connectivity index (χ2n) is 4.79. The summed E-state index contributed by atoms with van der Waals surface area (Å²) in [6.07, 6.45) is 0. The van der Waals surface area contributed by atoms with Crippen LogP contribution in [0.1, 0.15) is 18.1 Å². The first-order chi connectivity index (χ1) is 8.95. The van der Waals surface area contributed by atoms with E-state index in [1.54, 1.807) is 18.2 Å². The highest BCUT2D eigenvalue weighted by molar-refractivity contribution is 5.94. The van der Waals surface area contributed by atoms with Crippen LogP contribution in [0, 0.1) is 13.8 Å². The lowest BCUT2D eigenvalue weighted by molar-refractivity contribution is -0.114. The molecule has 0 radical (unpaired) electrons. The summed E-state index contributed by atoms with van der Waals surface area (Å²) in [7, 11) is 0. The predicted molar refractivity (Wildman–Crippen MR) is 77.3 cm³/mol. The van der Waals surface area contributed by atoms with E-state index in [2.05, 4.69) is 11.4 Å². The van der Waals surface area contributed by atoms with E-state index in [1.165, 1.54) is 6.92 Å². The Balaban J connectivity index is 2.58. The van der Waals surface area contributed by atoms with Gasteiger partial charge in [0.15, 0.2) is 0 Å². The molecule has 0 heterocycles. The van der Waals surface area contributed by atoms with E-state index in [0.29, 0.717) is 5.69 Å². The van der Waals surface area contributed by atoms with Gasteiger partial charge in [-0.05, 0) is 37.6 Å². The van der Waals surface area contributed by atoms with Gasteiger partial charge >= 0.3 is 0 Å².